The molecule has 110 valence electrons. The summed E-state index contributed by atoms with van der Waals surface area (Å²) in [6, 6.07) is 7.47. The summed E-state index contributed by atoms with van der Waals surface area (Å²) in [5, 5.41) is 4.11. The number of hydrogen-bond acceptors (Lipinski definition) is 3. The van der Waals surface area contributed by atoms with Crippen LogP contribution in [0.2, 0.25) is 0 Å². The molecule has 1 amide bonds. The van der Waals surface area contributed by atoms with Crippen LogP contribution in [0.4, 0.5) is 5.69 Å². The van der Waals surface area contributed by atoms with E-state index in [4.69, 9.17) is 5.73 Å². The van der Waals surface area contributed by atoms with E-state index in [0.29, 0.717) is 12.1 Å². The Bertz CT molecular complexity index is 455. The number of hydrogen-bond donors (Lipinski definition) is 2. The number of nitrogens with two attached hydrogens (primary N) is 1. The Balaban J connectivity index is 2.33. The van der Waals surface area contributed by atoms with E-state index >= 15 is 0 Å². The lowest BCUT2D eigenvalue weighted by Crippen LogP contribution is -2.18. The van der Waals surface area contributed by atoms with Gasteiger partial charge in [-0.2, -0.15) is 5.10 Å². The minimum absolute atomic E-state index is 0.0234. The molecule has 0 fully saturated rings. The zero-order valence-electron chi connectivity index (χ0n) is 12.5. The standard InChI is InChI=1S/C16H25N3O/c1-3-4-5-6-7-11-16(20)19-18-13(2)14-9-8-10-15(17)12-14/h8-10,12H,3-7,11,17H2,1-2H3,(H,19,20)/b18-13+. The summed E-state index contributed by atoms with van der Waals surface area (Å²) in [4.78, 5) is 11.6. The molecule has 0 aliphatic carbocycles. The molecule has 4 heteroatoms. The zero-order chi connectivity index (χ0) is 14.8. The first-order valence-electron chi connectivity index (χ1n) is 7.32. The lowest BCUT2D eigenvalue weighted by Gasteiger charge is -2.04. The van der Waals surface area contributed by atoms with Crippen LogP contribution in [0.15, 0.2) is 29.4 Å². The quantitative estimate of drug-likeness (QED) is 0.330. The van der Waals surface area contributed by atoms with Crippen LogP contribution in [0.5, 0.6) is 0 Å². The van der Waals surface area contributed by atoms with E-state index < -0.39 is 0 Å². The van der Waals surface area contributed by atoms with E-state index in [2.05, 4.69) is 17.5 Å². The van der Waals surface area contributed by atoms with Gasteiger partial charge in [0.15, 0.2) is 0 Å². The average Bonchev–Trinajstić information content (AvgIpc) is 2.44. The molecule has 4 nitrogen and oxygen atoms in total. The van der Waals surface area contributed by atoms with Crippen LogP contribution in [0, 0.1) is 0 Å². The Hall–Kier alpha value is -1.84. The van der Waals surface area contributed by atoms with Crippen molar-refractivity contribution < 1.29 is 4.79 Å². The molecular formula is C16H25N3O. The van der Waals surface area contributed by atoms with Crippen molar-refractivity contribution in [1.29, 1.82) is 0 Å². The summed E-state index contributed by atoms with van der Waals surface area (Å²) < 4.78 is 0. The molecule has 1 rings (SSSR count). The Morgan fingerprint density at radius 1 is 1.25 bits per heavy atom. The van der Waals surface area contributed by atoms with Crippen LogP contribution in [0.25, 0.3) is 0 Å². The van der Waals surface area contributed by atoms with Crippen molar-refractivity contribution in [3.8, 4) is 0 Å². The number of benzene rings is 1. The highest BCUT2D eigenvalue weighted by Crippen LogP contribution is 2.08. The Morgan fingerprint density at radius 3 is 2.70 bits per heavy atom. The van der Waals surface area contributed by atoms with Crippen molar-refractivity contribution in [3.05, 3.63) is 29.8 Å². The molecule has 0 aliphatic heterocycles. The largest absolute Gasteiger partial charge is 0.399 e. The van der Waals surface area contributed by atoms with Gasteiger partial charge < -0.3 is 5.73 Å². The van der Waals surface area contributed by atoms with Gasteiger partial charge in [-0.1, -0.05) is 44.7 Å². The number of nitrogens with zero attached hydrogens (tertiary/aromatic N) is 1. The lowest BCUT2D eigenvalue weighted by molar-refractivity contribution is -0.121. The number of nitrogen functional groups attached to an aromatic ring is 1. The number of hydrazone groups is 1. The fourth-order valence-electron chi connectivity index (χ4n) is 1.92. The molecule has 0 unspecified atom stereocenters. The molecule has 0 atom stereocenters. The highest BCUT2D eigenvalue weighted by atomic mass is 16.2. The highest BCUT2D eigenvalue weighted by Gasteiger charge is 2.01. The zero-order valence-corrected chi connectivity index (χ0v) is 12.5. The fraction of sp³-hybridized carbons (Fsp3) is 0.500. The molecule has 1 aromatic carbocycles. The second kappa shape index (κ2) is 9.13. The van der Waals surface area contributed by atoms with Gasteiger partial charge in [-0.05, 0) is 31.0 Å². The number of amides is 1. The number of anilines is 1. The first-order chi connectivity index (χ1) is 9.63. The third kappa shape index (κ3) is 6.36. The van der Waals surface area contributed by atoms with E-state index in [0.717, 1.165) is 24.1 Å². The number of nitrogens with one attached hydrogen (secondary N) is 1. The molecule has 0 radical (unpaired) electrons. The maximum absolute atomic E-state index is 11.6. The predicted molar refractivity (Wildman–Crippen MR) is 84.6 cm³/mol. The summed E-state index contributed by atoms with van der Waals surface area (Å²) in [7, 11) is 0. The van der Waals surface area contributed by atoms with Gasteiger partial charge in [0.05, 0.1) is 5.71 Å². The third-order valence-electron chi connectivity index (χ3n) is 3.16. The molecule has 0 bridgehead atoms. The summed E-state index contributed by atoms with van der Waals surface area (Å²) in [6.07, 6.45) is 6.24. The van der Waals surface area contributed by atoms with Gasteiger partial charge in [0.25, 0.3) is 0 Å². The summed E-state index contributed by atoms with van der Waals surface area (Å²) in [5.74, 6) is -0.0234. The van der Waals surface area contributed by atoms with E-state index in [1.807, 2.05) is 31.2 Å². The second-order valence-electron chi connectivity index (χ2n) is 5.02. The van der Waals surface area contributed by atoms with Crippen LogP contribution in [0.3, 0.4) is 0 Å². The van der Waals surface area contributed by atoms with Gasteiger partial charge >= 0.3 is 0 Å². The van der Waals surface area contributed by atoms with Gasteiger partial charge in [-0.3, -0.25) is 4.79 Å². The van der Waals surface area contributed by atoms with Gasteiger partial charge in [-0.15, -0.1) is 0 Å². The summed E-state index contributed by atoms with van der Waals surface area (Å²) in [6.45, 7) is 4.04. The molecule has 0 saturated heterocycles. The number of carbonyl (C=O) groups is 1. The Labute approximate surface area is 121 Å². The van der Waals surface area contributed by atoms with Gasteiger partial charge in [0.2, 0.25) is 5.91 Å². The van der Waals surface area contributed by atoms with Crippen LogP contribution in [-0.2, 0) is 4.79 Å². The number of rotatable bonds is 8. The minimum atomic E-state index is -0.0234. The van der Waals surface area contributed by atoms with Gasteiger partial charge in [0, 0.05) is 12.1 Å². The molecule has 0 heterocycles. The second-order valence-corrected chi connectivity index (χ2v) is 5.02. The fourth-order valence-corrected chi connectivity index (χ4v) is 1.92. The molecule has 20 heavy (non-hydrogen) atoms. The molecule has 0 saturated carbocycles. The molecule has 0 aliphatic rings. The first kappa shape index (κ1) is 16.2. The minimum Gasteiger partial charge on any atom is -0.399 e. The van der Waals surface area contributed by atoms with Crippen molar-refractivity contribution in [1.82, 2.24) is 5.43 Å². The van der Waals surface area contributed by atoms with Crippen molar-refractivity contribution in [2.24, 2.45) is 5.10 Å². The van der Waals surface area contributed by atoms with Crippen LogP contribution in [0.1, 0.15) is 57.9 Å². The van der Waals surface area contributed by atoms with Gasteiger partial charge in [-0.25, -0.2) is 5.43 Å². The monoisotopic (exact) mass is 275 g/mol. The number of carbonyl (C=O) groups excluding carboxylic acids is 1. The topological polar surface area (TPSA) is 67.5 Å². The van der Waals surface area contributed by atoms with Crippen molar-refractivity contribution in [2.45, 2.75) is 52.4 Å². The SMILES string of the molecule is CCCCCCCC(=O)N/N=C(\C)c1cccc(N)c1. The highest BCUT2D eigenvalue weighted by molar-refractivity contribution is 5.99. The van der Waals surface area contributed by atoms with E-state index in [1.54, 1.807) is 0 Å². The van der Waals surface area contributed by atoms with Crippen molar-refractivity contribution in [2.75, 3.05) is 5.73 Å². The van der Waals surface area contributed by atoms with E-state index in [9.17, 15) is 4.79 Å². The smallest absolute Gasteiger partial charge is 0.240 e. The number of unbranched alkanes of at least 4 members (excludes halogenated alkanes) is 4. The van der Waals surface area contributed by atoms with Crippen LogP contribution in [-0.4, -0.2) is 11.6 Å². The third-order valence-corrected chi connectivity index (χ3v) is 3.16. The van der Waals surface area contributed by atoms with Crippen LogP contribution < -0.4 is 11.2 Å². The van der Waals surface area contributed by atoms with Crippen molar-refractivity contribution in [3.63, 3.8) is 0 Å². The van der Waals surface area contributed by atoms with Crippen LogP contribution >= 0.6 is 0 Å². The molecular weight excluding hydrogens is 250 g/mol. The van der Waals surface area contributed by atoms with Gasteiger partial charge in [0.1, 0.15) is 0 Å². The summed E-state index contributed by atoms with van der Waals surface area (Å²) >= 11 is 0. The predicted octanol–water partition coefficient (Wildman–Crippen LogP) is 3.47. The lowest BCUT2D eigenvalue weighted by atomic mass is 10.1. The molecule has 1 aromatic rings. The Morgan fingerprint density at radius 2 is 2.00 bits per heavy atom. The average molecular weight is 275 g/mol. The van der Waals surface area contributed by atoms with E-state index in [1.165, 1.54) is 19.3 Å². The summed E-state index contributed by atoms with van der Waals surface area (Å²) in [5.41, 5.74) is 10.7. The molecule has 0 spiro atoms. The van der Waals surface area contributed by atoms with Crippen molar-refractivity contribution >= 4 is 17.3 Å². The normalized spacial score (nSPS) is 11.4. The maximum atomic E-state index is 11.6. The van der Waals surface area contributed by atoms with E-state index in [-0.39, 0.29) is 5.91 Å². The maximum Gasteiger partial charge on any atom is 0.240 e. The molecule has 3 N–H and O–H groups in total. The molecule has 0 aromatic heterocycles. The first-order valence-corrected chi connectivity index (χ1v) is 7.32. The Kier molecular flexibility index (Phi) is 7.40.